The number of benzene rings is 1. The van der Waals surface area contributed by atoms with Crippen LogP contribution in [0.25, 0.3) is 0 Å². The molecule has 0 atom stereocenters. The van der Waals surface area contributed by atoms with Gasteiger partial charge in [-0.2, -0.15) is 5.26 Å². The highest BCUT2D eigenvalue weighted by atomic mass is 16.5. The van der Waals surface area contributed by atoms with Gasteiger partial charge in [0, 0.05) is 14.0 Å². The highest BCUT2D eigenvalue weighted by Crippen LogP contribution is 1.98. The molecule has 0 saturated heterocycles. The maximum atomic E-state index is 7.32. The van der Waals surface area contributed by atoms with E-state index in [1.807, 2.05) is 30.3 Å². The summed E-state index contributed by atoms with van der Waals surface area (Å²) in [6.07, 6.45) is 2.64. The highest BCUT2D eigenvalue weighted by Gasteiger charge is 1.84. The fraction of sp³-hybridized carbons (Fsp3) is 0.533. The zero-order chi connectivity index (χ0) is 14.6. The Morgan fingerprint density at radius 3 is 1.74 bits per heavy atom. The van der Waals surface area contributed by atoms with E-state index in [1.54, 1.807) is 13.2 Å². The second kappa shape index (κ2) is 30.0. The summed E-state index contributed by atoms with van der Waals surface area (Å²) in [4.78, 5) is 0. The van der Waals surface area contributed by atoms with Crippen LogP contribution in [0.5, 0.6) is 0 Å². The highest BCUT2D eigenvalue weighted by molar-refractivity contribution is 5.13. The van der Waals surface area contributed by atoms with E-state index in [0.29, 0.717) is 6.61 Å². The molecule has 112 valence electrons. The quantitative estimate of drug-likeness (QED) is 0.915. The molecule has 0 heterocycles. The topological polar surface area (TPSA) is 90.5 Å². The Hall–Kier alpha value is -1.41. The molecule has 1 aromatic carbocycles. The summed E-state index contributed by atoms with van der Waals surface area (Å²) >= 11 is 0. The Bertz CT molecular complexity index is 257. The molecule has 0 radical (unpaired) electrons. The van der Waals surface area contributed by atoms with E-state index >= 15 is 0 Å². The van der Waals surface area contributed by atoms with Crippen LogP contribution in [0.4, 0.5) is 0 Å². The largest absolute Gasteiger partial charge is 0.412 e. The number of hydrogen-bond acceptors (Lipinski definition) is 3. The first-order valence-corrected chi connectivity index (χ1v) is 6.18. The Morgan fingerprint density at radius 2 is 1.47 bits per heavy atom. The van der Waals surface area contributed by atoms with Gasteiger partial charge in [-0.15, -0.1) is 0 Å². The van der Waals surface area contributed by atoms with Crippen molar-refractivity contribution in [2.45, 2.75) is 40.2 Å². The first-order valence-electron chi connectivity index (χ1n) is 6.18. The zero-order valence-electron chi connectivity index (χ0n) is 12.9. The van der Waals surface area contributed by atoms with Gasteiger partial charge >= 0.3 is 0 Å². The molecule has 0 spiro atoms. The predicted octanol–water partition coefficient (Wildman–Crippen LogP) is 2.92. The van der Waals surface area contributed by atoms with Crippen molar-refractivity contribution in [1.82, 2.24) is 0 Å². The average Bonchev–Trinajstić information content (AvgIpc) is 2.44. The lowest BCUT2D eigenvalue weighted by Gasteiger charge is -1.95. The molecule has 0 fully saturated rings. The molecule has 0 bridgehead atoms. The minimum absolute atomic E-state index is 0. The van der Waals surface area contributed by atoms with Gasteiger partial charge in [-0.05, 0) is 12.6 Å². The Balaban J connectivity index is -0.0000000963. The number of hydrogen-bond donors (Lipinski definition) is 1. The van der Waals surface area contributed by atoms with Crippen LogP contribution in [0.2, 0.25) is 0 Å². The van der Waals surface area contributed by atoms with Crippen molar-refractivity contribution in [3.8, 4) is 6.07 Å². The number of nitrogens with zero attached hydrogens (tertiary/aromatic N) is 1. The van der Waals surface area contributed by atoms with Crippen molar-refractivity contribution < 1.29 is 10.2 Å². The van der Waals surface area contributed by atoms with E-state index in [9.17, 15) is 0 Å². The predicted molar refractivity (Wildman–Crippen MR) is 82.7 cm³/mol. The van der Waals surface area contributed by atoms with Crippen LogP contribution < -0.4 is 5.73 Å². The maximum absolute atomic E-state index is 7.32. The first-order chi connectivity index (χ1) is 8.76. The van der Waals surface area contributed by atoms with E-state index in [2.05, 4.69) is 19.6 Å². The minimum atomic E-state index is 0. The van der Waals surface area contributed by atoms with Gasteiger partial charge < -0.3 is 15.9 Å². The molecule has 1 rings (SSSR count). The summed E-state index contributed by atoms with van der Waals surface area (Å²) in [6.45, 7) is 6.50. The van der Waals surface area contributed by atoms with E-state index < -0.39 is 0 Å². The van der Waals surface area contributed by atoms with Crippen LogP contribution in [-0.4, -0.2) is 19.6 Å². The Morgan fingerprint density at radius 1 is 1.11 bits per heavy atom. The van der Waals surface area contributed by atoms with Crippen molar-refractivity contribution in [2.75, 3.05) is 14.2 Å². The number of nitrogens with two attached hydrogens (primary N) is 1. The van der Waals surface area contributed by atoms with E-state index in [1.165, 1.54) is 32.4 Å². The summed E-state index contributed by atoms with van der Waals surface area (Å²) in [5, 5.41) is 7.32. The molecule has 19 heavy (non-hydrogen) atoms. The smallest absolute Gasteiger partial charge is 0.0713 e. The van der Waals surface area contributed by atoms with Crippen LogP contribution in [0.15, 0.2) is 30.3 Å². The molecule has 0 unspecified atom stereocenters. The summed E-state index contributed by atoms with van der Waals surface area (Å²) in [5.41, 5.74) is 5.72. The second-order valence-electron chi connectivity index (χ2n) is 3.14. The van der Waals surface area contributed by atoms with Crippen molar-refractivity contribution in [3.63, 3.8) is 0 Å². The summed E-state index contributed by atoms with van der Waals surface area (Å²) in [6, 6.07) is 11.9. The van der Waals surface area contributed by atoms with Gasteiger partial charge in [-0.3, -0.25) is 0 Å². The van der Waals surface area contributed by atoms with Gasteiger partial charge in [0.1, 0.15) is 0 Å². The van der Waals surface area contributed by atoms with Crippen LogP contribution in [0, 0.1) is 11.3 Å². The fourth-order valence-electron chi connectivity index (χ4n) is 0.741. The van der Waals surface area contributed by atoms with Crippen LogP contribution in [0.3, 0.4) is 0 Å². The van der Waals surface area contributed by atoms with Gasteiger partial charge in [-0.25, -0.2) is 0 Å². The second-order valence-corrected chi connectivity index (χ2v) is 3.14. The third-order valence-electron chi connectivity index (χ3n) is 1.65. The van der Waals surface area contributed by atoms with Gasteiger partial charge in [0.15, 0.2) is 0 Å². The molecule has 1 aromatic rings. The third-order valence-corrected chi connectivity index (χ3v) is 1.65. The summed E-state index contributed by atoms with van der Waals surface area (Å²) < 4.78 is 4.93. The molecule has 0 aliphatic carbocycles. The minimum Gasteiger partial charge on any atom is -0.412 e. The molecule has 4 nitrogen and oxygen atoms in total. The number of methoxy groups -OCH3 is 1. The molecule has 0 aliphatic heterocycles. The number of nitriles is 1. The zero-order valence-corrected chi connectivity index (χ0v) is 12.9. The molecule has 4 N–H and O–H groups in total. The number of unbranched alkanes of at least 4 members (excludes halogenated alkanes) is 1. The Labute approximate surface area is 118 Å². The molecule has 0 saturated carbocycles. The van der Waals surface area contributed by atoms with Crippen molar-refractivity contribution in [3.05, 3.63) is 35.9 Å². The average molecular weight is 270 g/mol. The molecule has 0 aromatic heterocycles. The molecular formula is C15H30N2O2. The van der Waals surface area contributed by atoms with E-state index in [4.69, 9.17) is 10.00 Å². The van der Waals surface area contributed by atoms with Crippen LogP contribution in [0.1, 0.15) is 39.2 Å². The summed E-state index contributed by atoms with van der Waals surface area (Å²) in [5.74, 6) is 0. The molecule has 0 aliphatic rings. The van der Waals surface area contributed by atoms with Crippen LogP contribution >= 0.6 is 0 Å². The monoisotopic (exact) mass is 270 g/mol. The van der Waals surface area contributed by atoms with E-state index in [-0.39, 0.29) is 5.48 Å². The lowest BCUT2D eigenvalue weighted by molar-refractivity contribution is 0.185. The fourth-order valence-corrected chi connectivity index (χ4v) is 0.741. The van der Waals surface area contributed by atoms with Gasteiger partial charge in [0.05, 0.1) is 12.7 Å². The molecular weight excluding hydrogens is 240 g/mol. The van der Waals surface area contributed by atoms with Gasteiger partial charge in [-0.1, -0.05) is 57.0 Å². The van der Waals surface area contributed by atoms with Gasteiger partial charge in [0.2, 0.25) is 0 Å². The van der Waals surface area contributed by atoms with Gasteiger partial charge in [0.25, 0.3) is 0 Å². The third kappa shape index (κ3) is 31.5. The maximum Gasteiger partial charge on any atom is 0.0713 e. The van der Waals surface area contributed by atoms with Crippen molar-refractivity contribution in [2.24, 2.45) is 5.73 Å². The normalized spacial score (nSPS) is 6.79. The van der Waals surface area contributed by atoms with Crippen LogP contribution in [-0.2, 0) is 11.3 Å². The lowest BCUT2D eigenvalue weighted by atomic mass is 10.2. The first kappa shape index (κ1) is 26.2. The number of rotatable bonds is 3. The SMILES string of the molecule is CC#N.CCCC.CN.COCc1ccccc1.O. The van der Waals surface area contributed by atoms with Crippen molar-refractivity contribution in [1.29, 1.82) is 5.26 Å². The summed E-state index contributed by atoms with van der Waals surface area (Å²) in [7, 11) is 3.20. The standard InChI is InChI=1S/C8H10O.C4H10.C2H3N.CH5N.H2O/c1-9-7-8-5-3-2-4-6-8;1-3-4-2;1-2-3;1-2;/h2-6H,7H2,1H3;3-4H2,1-2H3;1H3;2H2,1H3;1H2. The molecule has 4 heteroatoms. The van der Waals surface area contributed by atoms with Crippen molar-refractivity contribution >= 4 is 0 Å². The lowest BCUT2D eigenvalue weighted by Crippen LogP contribution is -1.84. The molecule has 0 amide bonds. The Kier molecular flexibility index (Phi) is 41.4. The van der Waals surface area contributed by atoms with E-state index in [0.717, 1.165) is 0 Å². The number of ether oxygens (including phenoxy) is 1.